The molecule has 0 radical (unpaired) electrons. The van der Waals surface area contributed by atoms with Crippen LogP contribution < -0.4 is 5.32 Å². The zero-order valence-electron chi connectivity index (χ0n) is 20.9. The van der Waals surface area contributed by atoms with Crippen LogP contribution in [0.2, 0.25) is 0 Å². The van der Waals surface area contributed by atoms with Crippen LogP contribution in [0.4, 0.5) is 9.80 Å². The highest BCUT2D eigenvalue weighted by molar-refractivity contribution is 7.17. The number of fused-ring (bicyclic) bond motifs is 4. The van der Waals surface area contributed by atoms with E-state index in [1.165, 1.54) is 27.3 Å². The molecule has 1 aromatic heterocycles. The van der Waals surface area contributed by atoms with Crippen LogP contribution in [0.5, 0.6) is 0 Å². The third-order valence-corrected chi connectivity index (χ3v) is 9.09. The summed E-state index contributed by atoms with van der Waals surface area (Å²) in [4.78, 5) is 41.7. The van der Waals surface area contributed by atoms with Crippen molar-refractivity contribution in [2.45, 2.75) is 57.4 Å². The van der Waals surface area contributed by atoms with Crippen LogP contribution in [0.3, 0.4) is 0 Å². The number of hydrogen-bond acceptors (Lipinski definition) is 5. The lowest BCUT2D eigenvalue weighted by molar-refractivity contribution is -0.120. The maximum Gasteiger partial charge on any atom is 0.410 e. The first-order chi connectivity index (χ1) is 18.0. The highest BCUT2D eigenvalue weighted by atomic mass is 32.1. The third-order valence-electron chi connectivity index (χ3n) is 7.89. The maximum atomic E-state index is 13.3. The van der Waals surface area contributed by atoms with Crippen molar-refractivity contribution in [3.63, 3.8) is 0 Å². The van der Waals surface area contributed by atoms with Gasteiger partial charge in [0.2, 0.25) is 5.91 Å². The number of ether oxygens (including phenoxy) is 1. The van der Waals surface area contributed by atoms with Gasteiger partial charge in [-0.15, -0.1) is 11.3 Å². The predicted molar refractivity (Wildman–Crippen MR) is 144 cm³/mol. The molecule has 0 bridgehead atoms. The second-order valence-electron chi connectivity index (χ2n) is 10.1. The van der Waals surface area contributed by atoms with Gasteiger partial charge in [0.15, 0.2) is 5.78 Å². The Balaban J connectivity index is 1.16. The van der Waals surface area contributed by atoms with Crippen molar-refractivity contribution in [2.75, 3.05) is 18.5 Å². The summed E-state index contributed by atoms with van der Waals surface area (Å²) < 4.78 is 5.84. The van der Waals surface area contributed by atoms with Gasteiger partial charge in [-0.1, -0.05) is 48.5 Å². The van der Waals surface area contributed by atoms with E-state index in [4.69, 9.17) is 4.74 Å². The minimum atomic E-state index is -0.602. The van der Waals surface area contributed by atoms with Gasteiger partial charge in [0.1, 0.15) is 17.6 Å². The van der Waals surface area contributed by atoms with Gasteiger partial charge in [0.05, 0.1) is 5.56 Å². The van der Waals surface area contributed by atoms with Gasteiger partial charge in [-0.05, 0) is 73.3 Å². The maximum absolute atomic E-state index is 13.3. The number of hydrogen-bond donors (Lipinski definition) is 1. The number of benzene rings is 2. The molecule has 3 aliphatic rings. The number of rotatable bonds is 5. The first kappa shape index (κ1) is 23.9. The number of likely N-dealkylation sites (tertiary alicyclic amines) is 1. The van der Waals surface area contributed by atoms with Crippen molar-refractivity contribution in [3.05, 3.63) is 75.7 Å². The summed E-state index contributed by atoms with van der Waals surface area (Å²) in [5, 5.41) is 3.64. The molecule has 190 valence electrons. The fourth-order valence-corrected chi connectivity index (χ4v) is 7.50. The van der Waals surface area contributed by atoms with Crippen molar-refractivity contribution in [1.29, 1.82) is 0 Å². The zero-order valence-corrected chi connectivity index (χ0v) is 21.7. The van der Waals surface area contributed by atoms with Crippen molar-refractivity contribution < 1.29 is 19.1 Å². The van der Waals surface area contributed by atoms with Crippen LogP contribution in [0.25, 0.3) is 11.1 Å². The van der Waals surface area contributed by atoms with Crippen LogP contribution in [-0.2, 0) is 22.4 Å². The zero-order chi connectivity index (χ0) is 25.5. The molecule has 6 rings (SSSR count). The van der Waals surface area contributed by atoms with E-state index in [-0.39, 0.29) is 24.2 Å². The minimum absolute atomic E-state index is 0.0190. The molecule has 2 aromatic carbocycles. The third kappa shape index (κ3) is 4.25. The number of nitrogens with zero attached hydrogens (tertiary/aromatic N) is 1. The number of carbonyl (C=O) groups excluding carboxylic acids is 3. The average molecular weight is 515 g/mol. The van der Waals surface area contributed by atoms with E-state index in [1.807, 2.05) is 24.3 Å². The molecule has 6 nitrogen and oxygen atoms in total. The van der Waals surface area contributed by atoms with Crippen LogP contribution >= 0.6 is 11.3 Å². The van der Waals surface area contributed by atoms with E-state index < -0.39 is 12.1 Å². The smallest absolute Gasteiger partial charge is 0.410 e. The number of aryl methyl sites for hydroxylation is 1. The van der Waals surface area contributed by atoms with Crippen LogP contribution in [0.15, 0.2) is 48.5 Å². The van der Waals surface area contributed by atoms with Crippen LogP contribution in [0.1, 0.15) is 70.5 Å². The van der Waals surface area contributed by atoms with Crippen molar-refractivity contribution >= 4 is 34.1 Å². The van der Waals surface area contributed by atoms with Gasteiger partial charge in [-0.3, -0.25) is 14.5 Å². The Morgan fingerprint density at radius 3 is 2.35 bits per heavy atom. The summed E-state index contributed by atoms with van der Waals surface area (Å²) in [5.41, 5.74) is 6.42. The van der Waals surface area contributed by atoms with E-state index in [0.717, 1.165) is 48.8 Å². The summed E-state index contributed by atoms with van der Waals surface area (Å²) in [7, 11) is 0. The van der Waals surface area contributed by atoms with Gasteiger partial charge in [-0.25, -0.2) is 4.79 Å². The molecule has 1 fully saturated rings. The molecule has 1 saturated heterocycles. The molecule has 1 aliphatic heterocycles. The molecule has 37 heavy (non-hydrogen) atoms. The molecule has 2 aliphatic carbocycles. The number of anilines is 1. The van der Waals surface area contributed by atoms with Crippen LogP contribution in [-0.4, -0.2) is 41.9 Å². The van der Waals surface area contributed by atoms with Gasteiger partial charge >= 0.3 is 6.09 Å². The monoisotopic (exact) mass is 514 g/mol. The summed E-state index contributed by atoms with van der Waals surface area (Å²) in [6.07, 6.45) is 4.86. The lowest BCUT2D eigenvalue weighted by Crippen LogP contribution is -2.43. The quantitative estimate of drug-likeness (QED) is 0.413. The molecule has 0 saturated carbocycles. The molecule has 7 heteroatoms. The number of thiophene rings is 1. The first-order valence-electron chi connectivity index (χ1n) is 13.1. The minimum Gasteiger partial charge on any atom is -0.448 e. The van der Waals surface area contributed by atoms with E-state index in [1.54, 1.807) is 11.8 Å². The Morgan fingerprint density at radius 2 is 1.65 bits per heavy atom. The topological polar surface area (TPSA) is 75.7 Å². The molecule has 0 spiro atoms. The lowest BCUT2D eigenvalue weighted by Gasteiger charge is -2.24. The van der Waals surface area contributed by atoms with E-state index in [2.05, 4.69) is 29.6 Å². The molecule has 2 heterocycles. The van der Waals surface area contributed by atoms with Crippen molar-refractivity contribution in [2.24, 2.45) is 0 Å². The molecular formula is C30H30N2O4S. The molecule has 1 unspecified atom stereocenters. The number of ketones is 1. The molecule has 3 aromatic rings. The second-order valence-corrected chi connectivity index (χ2v) is 11.2. The van der Waals surface area contributed by atoms with Gasteiger partial charge in [-0.2, -0.15) is 0 Å². The second kappa shape index (κ2) is 9.78. The standard InChI is InChI=1S/C30H30N2O4S/c1-18(33)27-23-13-6-7-15-26(23)37-29(27)31-28(34)25-14-8-16-32(25)30(35)36-17-24-21-11-4-2-9-19(21)20-10-3-5-12-22(20)24/h2-5,9-12,24-25H,6-8,13-17H2,1H3,(H,31,34). The van der Waals surface area contributed by atoms with Crippen molar-refractivity contribution in [3.8, 4) is 11.1 Å². The van der Waals surface area contributed by atoms with E-state index in [9.17, 15) is 14.4 Å². The largest absolute Gasteiger partial charge is 0.448 e. The average Bonchev–Trinajstić information content (AvgIpc) is 3.61. The number of nitrogens with one attached hydrogen (secondary N) is 1. The van der Waals surface area contributed by atoms with Gasteiger partial charge < -0.3 is 10.1 Å². The Labute approximate surface area is 220 Å². The Hall–Kier alpha value is -3.45. The van der Waals surface area contributed by atoms with Gasteiger partial charge in [0.25, 0.3) is 0 Å². The summed E-state index contributed by atoms with van der Waals surface area (Å²) in [5.74, 6) is -0.289. The molecule has 1 atom stereocenters. The SMILES string of the molecule is CC(=O)c1c(NC(=O)C2CCCN2C(=O)OCC2c3ccccc3-c3ccccc32)sc2c1CCCC2. The van der Waals surface area contributed by atoms with E-state index >= 15 is 0 Å². The molecular weight excluding hydrogens is 484 g/mol. The summed E-state index contributed by atoms with van der Waals surface area (Å²) >= 11 is 1.51. The lowest BCUT2D eigenvalue weighted by atomic mass is 9.94. The first-order valence-corrected chi connectivity index (χ1v) is 13.9. The molecule has 2 amide bonds. The fraction of sp³-hybridized carbons (Fsp3) is 0.367. The Kier molecular flexibility index (Phi) is 6.32. The summed E-state index contributed by atoms with van der Waals surface area (Å²) in [6.45, 7) is 2.27. The van der Waals surface area contributed by atoms with Crippen LogP contribution in [0, 0.1) is 0 Å². The molecule has 1 N–H and O–H groups in total. The van der Waals surface area contributed by atoms with Gasteiger partial charge in [0, 0.05) is 17.3 Å². The normalized spacial score (nSPS) is 18.2. The fourth-order valence-electron chi connectivity index (χ4n) is 6.16. The van der Waals surface area contributed by atoms with E-state index in [0.29, 0.717) is 23.5 Å². The predicted octanol–water partition coefficient (Wildman–Crippen LogP) is 6.18. The number of carbonyl (C=O) groups is 3. The Bertz CT molecular complexity index is 1350. The highest BCUT2D eigenvalue weighted by Crippen LogP contribution is 2.44. The highest BCUT2D eigenvalue weighted by Gasteiger charge is 2.37. The number of Topliss-reactive ketones (excluding diaryl/α,β-unsaturated/α-hetero) is 1. The summed E-state index contributed by atoms with van der Waals surface area (Å²) in [6, 6.07) is 15.9. The number of amides is 2. The van der Waals surface area contributed by atoms with Crippen molar-refractivity contribution in [1.82, 2.24) is 4.90 Å². The Morgan fingerprint density at radius 1 is 0.973 bits per heavy atom.